The van der Waals surface area contributed by atoms with E-state index in [9.17, 15) is 8.78 Å². The SMILES string of the molecule is CCC1(CO)CC(F)(F)C1. The Morgan fingerprint density at radius 1 is 1.40 bits per heavy atom. The zero-order valence-corrected chi connectivity index (χ0v) is 6.03. The Bertz CT molecular complexity index is 120. The molecule has 0 aliphatic heterocycles. The van der Waals surface area contributed by atoms with E-state index in [-0.39, 0.29) is 19.4 Å². The van der Waals surface area contributed by atoms with Crippen molar-refractivity contribution in [1.29, 1.82) is 0 Å². The molecule has 3 heteroatoms. The molecule has 60 valence electrons. The lowest BCUT2D eigenvalue weighted by atomic mass is 9.65. The summed E-state index contributed by atoms with van der Waals surface area (Å²) >= 11 is 0. The van der Waals surface area contributed by atoms with Gasteiger partial charge in [-0.2, -0.15) is 0 Å². The fourth-order valence-corrected chi connectivity index (χ4v) is 1.52. The number of rotatable bonds is 2. The van der Waals surface area contributed by atoms with Crippen molar-refractivity contribution in [3.05, 3.63) is 0 Å². The van der Waals surface area contributed by atoms with E-state index >= 15 is 0 Å². The Morgan fingerprint density at radius 2 is 1.90 bits per heavy atom. The van der Waals surface area contributed by atoms with Gasteiger partial charge in [-0.25, -0.2) is 8.78 Å². The highest BCUT2D eigenvalue weighted by molar-refractivity contribution is 4.97. The van der Waals surface area contributed by atoms with Crippen LogP contribution in [0, 0.1) is 5.41 Å². The van der Waals surface area contributed by atoms with Gasteiger partial charge in [-0.05, 0) is 6.42 Å². The molecule has 0 amide bonds. The molecule has 1 N–H and O–H groups in total. The molecular weight excluding hydrogens is 138 g/mol. The molecule has 1 aliphatic carbocycles. The Balaban J connectivity index is 2.46. The normalized spacial score (nSPS) is 27.6. The smallest absolute Gasteiger partial charge is 0.249 e. The van der Waals surface area contributed by atoms with Crippen molar-refractivity contribution in [2.75, 3.05) is 6.61 Å². The number of halogens is 2. The van der Waals surface area contributed by atoms with E-state index in [4.69, 9.17) is 5.11 Å². The van der Waals surface area contributed by atoms with E-state index < -0.39 is 11.3 Å². The predicted octanol–water partition coefficient (Wildman–Crippen LogP) is 1.80. The molecule has 1 saturated carbocycles. The van der Waals surface area contributed by atoms with Crippen molar-refractivity contribution < 1.29 is 13.9 Å². The van der Waals surface area contributed by atoms with Gasteiger partial charge in [0, 0.05) is 24.9 Å². The zero-order valence-electron chi connectivity index (χ0n) is 6.03. The summed E-state index contributed by atoms with van der Waals surface area (Å²) in [6.45, 7) is 1.74. The first kappa shape index (κ1) is 7.92. The molecule has 1 nitrogen and oxygen atoms in total. The molecule has 0 unspecified atom stereocenters. The van der Waals surface area contributed by atoms with Crippen LogP contribution in [0.3, 0.4) is 0 Å². The Labute approximate surface area is 59.0 Å². The highest BCUT2D eigenvalue weighted by atomic mass is 19.3. The molecule has 1 aliphatic rings. The summed E-state index contributed by atoms with van der Waals surface area (Å²) < 4.78 is 24.6. The second-order valence-corrected chi connectivity index (χ2v) is 3.22. The van der Waals surface area contributed by atoms with E-state index in [1.165, 1.54) is 0 Å². The van der Waals surface area contributed by atoms with Gasteiger partial charge in [0.1, 0.15) is 0 Å². The standard InChI is InChI=1S/C7H12F2O/c1-2-6(5-10)3-7(8,9)4-6/h10H,2-5H2,1H3. The van der Waals surface area contributed by atoms with Gasteiger partial charge in [-0.1, -0.05) is 6.92 Å². The lowest BCUT2D eigenvalue weighted by Crippen LogP contribution is -2.47. The van der Waals surface area contributed by atoms with Gasteiger partial charge in [0.2, 0.25) is 5.92 Å². The van der Waals surface area contributed by atoms with Crippen molar-refractivity contribution in [2.45, 2.75) is 32.1 Å². The average Bonchev–Trinajstić information content (AvgIpc) is 1.82. The third-order valence-corrected chi connectivity index (χ3v) is 2.35. The molecule has 1 rings (SSSR count). The minimum absolute atomic E-state index is 0.0981. The number of aliphatic hydroxyl groups excluding tert-OH is 1. The predicted molar refractivity (Wildman–Crippen MR) is 34.0 cm³/mol. The third kappa shape index (κ3) is 1.15. The van der Waals surface area contributed by atoms with Gasteiger partial charge in [0.25, 0.3) is 0 Å². The molecule has 10 heavy (non-hydrogen) atoms. The third-order valence-electron chi connectivity index (χ3n) is 2.35. The summed E-state index contributed by atoms with van der Waals surface area (Å²) in [5.41, 5.74) is -0.455. The maximum absolute atomic E-state index is 12.3. The summed E-state index contributed by atoms with van der Waals surface area (Å²) in [4.78, 5) is 0. The summed E-state index contributed by atoms with van der Waals surface area (Å²) in [6, 6.07) is 0. The largest absolute Gasteiger partial charge is 0.396 e. The second-order valence-electron chi connectivity index (χ2n) is 3.22. The monoisotopic (exact) mass is 150 g/mol. The molecule has 0 aromatic rings. The number of hydrogen-bond acceptors (Lipinski definition) is 1. The van der Waals surface area contributed by atoms with Crippen LogP contribution in [0.2, 0.25) is 0 Å². The van der Waals surface area contributed by atoms with Crippen LogP contribution in [0.25, 0.3) is 0 Å². The van der Waals surface area contributed by atoms with Crippen molar-refractivity contribution >= 4 is 0 Å². The van der Waals surface area contributed by atoms with Crippen LogP contribution in [0.5, 0.6) is 0 Å². The van der Waals surface area contributed by atoms with Gasteiger partial charge in [-0.3, -0.25) is 0 Å². The van der Waals surface area contributed by atoms with Gasteiger partial charge in [0.05, 0.1) is 0 Å². The highest BCUT2D eigenvalue weighted by Crippen LogP contribution is 2.53. The van der Waals surface area contributed by atoms with E-state index in [1.807, 2.05) is 6.92 Å². The summed E-state index contributed by atoms with van der Waals surface area (Å²) in [5, 5.41) is 8.74. The van der Waals surface area contributed by atoms with Crippen molar-refractivity contribution in [3.8, 4) is 0 Å². The van der Waals surface area contributed by atoms with E-state index in [0.29, 0.717) is 6.42 Å². The van der Waals surface area contributed by atoms with Gasteiger partial charge in [-0.15, -0.1) is 0 Å². The van der Waals surface area contributed by atoms with Crippen LogP contribution in [-0.2, 0) is 0 Å². The first-order chi connectivity index (χ1) is 4.54. The molecule has 0 atom stereocenters. The molecule has 0 spiro atoms. The molecule has 1 fully saturated rings. The van der Waals surface area contributed by atoms with Gasteiger partial charge in [0.15, 0.2) is 0 Å². The topological polar surface area (TPSA) is 20.2 Å². The number of hydrogen-bond donors (Lipinski definition) is 1. The first-order valence-electron chi connectivity index (χ1n) is 3.52. The van der Waals surface area contributed by atoms with Crippen LogP contribution in [-0.4, -0.2) is 17.6 Å². The average molecular weight is 150 g/mol. The molecule has 0 heterocycles. The summed E-state index contributed by atoms with van der Waals surface area (Å²) in [7, 11) is 0. The van der Waals surface area contributed by atoms with Crippen molar-refractivity contribution in [1.82, 2.24) is 0 Å². The second kappa shape index (κ2) is 2.16. The minimum atomic E-state index is -2.50. The highest BCUT2D eigenvalue weighted by Gasteiger charge is 2.54. The van der Waals surface area contributed by atoms with E-state index in [2.05, 4.69) is 0 Å². The fourth-order valence-electron chi connectivity index (χ4n) is 1.52. The maximum atomic E-state index is 12.3. The van der Waals surface area contributed by atoms with Gasteiger partial charge >= 0.3 is 0 Å². The number of alkyl halides is 2. The first-order valence-corrected chi connectivity index (χ1v) is 3.52. The quantitative estimate of drug-likeness (QED) is 0.636. The lowest BCUT2D eigenvalue weighted by molar-refractivity contribution is -0.177. The van der Waals surface area contributed by atoms with Crippen LogP contribution in [0.15, 0.2) is 0 Å². The molecular formula is C7H12F2O. The van der Waals surface area contributed by atoms with Crippen LogP contribution in [0.4, 0.5) is 8.78 Å². The van der Waals surface area contributed by atoms with Crippen LogP contribution in [0.1, 0.15) is 26.2 Å². The van der Waals surface area contributed by atoms with Crippen molar-refractivity contribution in [2.24, 2.45) is 5.41 Å². The van der Waals surface area contributed by atoms with Gasteiger partial charge < -0.3 is 5.11 Å². The summed E-state index contributed by atoms with van der Waals surface area (Å²) in [5.74, 6) is -2.50. The molecule has 0 aromatic heterocycles. The maximum Gasteiger partial charge on any atom is 0.249 e. The molecule has 0 aromatic carbocycles. The van der Waals surface area contributed by atoms with E-state index in [0.717, 1.165) is 0 Å². The lowest BCUT2D eigenvalue weighted by Gasteiger charge is -2.45. The van der Waals surface area contributed by atoms with E-state index in [1.54, 1.807) is 0 Å². The Morgan fingerprint density at radius 3 is 2.00 bits per heavy atom. The fraction of sp³-hybridized carbons (Fsp3) is 1.00. The Hall–Kier alpha value is -0.180. The van der Waals surface area contributed by atoms with Crippen molar-refractivity contribution in [3.63, 3.8) is 0 Å². The summed E-state index contributed by atoms with van der Waals surface area (Å²) in [6.07, 6.45) is 0.388. The zero-order chi connectivity index (χ0) is 7.83. The Kier molecular flexibility index (Phi) is 1.71. The number of aliphatic hydroxyl groups is 1. The van der Waals surface area contributed by atoms with Crippen LogP contribution < -0.4 is 0 Å². The molecule has 0 bridgehead atoms. The van der Waals surface area contributed by atoms with Crippen LogP contribution >= 0.6 is 0 Å². The minimum Gasteiger partial charge on any atom is -0.396 e. The molecule has 0 radical (unpaired) electrons. The molecule has 0 saturated heterocycles.